The molecule has 2 saturated heterocycles. The first-order chi connectivity index (χ1) is 15.4. The lowest BCUT2D eigenvalue weighted by atomic mass is 10.1. The molecule has 0 atom stereocenters. The third kappa shape index (κ3) is 6.21. The van der Waals surface area contributed by atoms with Gasteiger partial charge in [-0.1, -0.05) is 41.4 Å². The molecule has 2 aromatic rings. The second-order valence-electron chi connectivity index (χ2n) is 7.67. The standard InChI is InChI=1S/C22H23Cl2N3OS.C2H6O/c1-25-8-10-26(11-9-25)20-5-3-2-4-16(20)14-21-22(28)27(12-13-29-21)17-6-7-18(23)19(24)15-17;1-3-2/h2-7,14-15H,8-13H2,1H3;1-2H3/b21-14-;. The quantitative estimate of drug-likeness (QED) is 0.553. The average molecular weight is 494 g/mol. The van der Waals surface area contributed by atoms with E-state index < -0.39 is 0 Å². The highest BCUT2D eigenvalue weighted by Gasteiger charge is 2.26. The zero-order valence-electron chi connectivity index (χ0n) is 18.7. The maximum Gasteiger partial charge on any atom is 0.264 e. The van der Waals surface area contributed by atoms with Crippen molar-refractivity contribution < 1.29 is 9.53 Å². The number of hydrogen-bond acceptors (Lipinski definition) is 5. The first-order valence-electron chi connectivity index (χ1n) is 10.5. The van der Waals surface area contributed by atoms with Crippen molar-refractivity contribution in [1.82, 2.24) is 4.90 Å². The molecule has 1 amide bonds. The Morgan fingerprint density at radius 3 is 2.34 bits per heavy atom. The minimum absolute atomic E-state index is 0.00724. The smallest absolute Gasteiger partial charge is 0.264 e. The topological polar surface area (TPSA) is 36.0 Å². The van der Waals surface area contributed by atoms with Gasteiger partial charge in [-0.05, 0) is 43.0 Å². The van der Waals surface area contributed by atoms with Gasteiger partial charge in [0.05, 0.1) is 15.0 Å². The molecule has 0 unspecified atom stereocenters. The van der Waals surface area contributed by atoms with Crippen LogP contribution in [0.4, 0.5) is 11.4 Å². The van der Waals surface area contributed by atoms with Crippen LogP contribution in [0.25, 0.3) is 6.08 Å². The van der Waals surface area contributed by atoms with Gasteiger partial charge in [0.2, 0.25) is 0 Å². The van der Waals surface area contributed by atoms with Gasteiger partial charge in [0.1, 0.15) is 0 Å². The summed E-state index contributed by atoms with van der Waals surface area (Å²) in [6.07, 6.45) is 2.03. The number of methoxy groups -OCH3 is 1. The number of anilines is 2. The summed E-state index contributed by atoms with van der Waals surface area (Å²) in [6, 6.07) is 13.7. The Bertz CT molecular complexity index is 962. The van der Waals surface area contributed by atoms with Gasteiger partial charge < -0.3 is 19.4 Å². The van der Waals surface area contributed by atoms with Gasteiger partial charge in [-0.3, -0.25) is 4.79 Å². The molecule has 2 aliphatic rings. The second-order valence-corrected chi connectivity index (χ2v) is 9.62. The van der Waals surface area contributed by atoms with Crippen LogP contribution in [0.3, 0.4) is 0 Å². The minimum Gasteiger partial charge on any atom is -0.388 e. The van der Waals surface area contributed by atoms with E-state index in [-0.39, 0.29) is 5.91 Å². The Hall–Kier alpha value is -1.70. The SMILES string of the molecule is CN1CCN(c2ccccc2/C=C2\SCCN(c3ccc(Cl)c(Cl)c3)C2=O)CC1.COC. The number of carbonyl (C=O) groups is 1. The van der Waals surface area contributed by atoms with Crippen molar-refractivity contribution in [1.29, 1.82) is 0 Å². The molecule has 0 bridgehead atoms. The molecule has 2 fully saturated rings. The van der Waals surface area contributed by atoms with Gasteiger partial charge >= 0.3 is 0 Å². The predicted octanol–water partition coefficient (Wildman–Crippen LogP) is 5.13. The van der Waals surface area contributed by atoms with Crippen LogP contribution >= 0.6 is 35.0 Å². The summed E-state index contributed by atoms with van der Waals surface area (Å²) in [5.74, 6) is 0.849. The Labute approximate surface area is 204 Å². The number of ether oxygens (including phenoxy) is 1. The van der Waals surface area contributed by atoms with Gasteiger partial charge in [0.15, 0.2) is 0 Å². The van der Waals surface area contributed by atoms with Crippen molar-refractivity contribution in [3.05, 3.63) is 63.0 Å². The zero-order valence-corrected chi connectivity index (χ0v) is 21.0. The monoisotopic (exact) mass is 493 g/mol. The average Bonchev–Trinajstić information content (AvgIpc) is 2.79. The largest absolute Gasteiger partial charge is 0.388 e. The number of thioether (sulfide) groups is 1. The van der Waals surface area contributed by atoms with E-state index in [1.165, 1.54) is 5.69 Å². The molecule has 4 rings (SSSR count). The van der Waals surface area contributed by atoms with Crippen LogP contribution < -0.4 is 9.80 Å². The fourth-order valence-corrected chi connectivity index (χ4v) is 4.86. The normalized spacial score (nSPS) is 18.5. The summed E-state index contributed by atoms with van der Waals surface area (Å²) in [4.78, 5) is 20.5. The van der Waals surface area contributed by atoms with E-state index in [1.807, 2.05) is 18.2 Å². The van der Waals surface area contributed by atoms with E-state index in [0.717, 1.165) is 48.1 Å². The van der Waals surface area contributed by atoms with Crippen LogP contribution in [0, 0.1) is 0 Å². The van der Waals surface area contributed by atoms with E-state index in [4.69, 9.17) is 23.2 Å². The van der Waals surface area contributed by atoms with Gasteiger partial charge in [-0.2, -0.15) is 0 Å². The molecule has 2 aromatic carbocycles. The summed E-state index contributed by atoms with van der Waals surface area (Å²) in [6.45, 7) is 4.73. The summed E-state index contributed by atoms with van der Waals surface area (Å²) in [5, 5.41) is 0.951. The number of nitrogens with zero attached hydrogens (tertiary/aromatic N) is 3. The lowest BCUT2D eigenvalue weighted by Gasteiger charge is -2.35. The van der Waals surface area contributed by atoms with Gasteiger partial charge in [-0.15, -0.1) is 11.8 Å². The zero-order chi connectivity index (χ0) is 23.1. The summed E-state index contributed by atoms with van der Waals surface area (Å²) >= 11 is 13.8. The van der Waals surface area contributed by atoms with E-state index in [1.54, 1.807) is 43.0 Å². The highest BCUT2D eigenvalue weighted by Crippen LogP contribution is 2.34. The first kappa shape index (κ1) is 24.9. The second kappa shape index (κ2) is 12.0. The maximum absolute atomic E-state index is 13.2. The predicted molar refractivity (Wildman–Crippen MR) is 138 cm³/mol. The van der Waals surface area contributed by atoms with Gasteiger partial charge in [0, 0.05) is 64.1 Å². The number of hydrogen-bond donors (Lipinski definition) is 0. The molecule has 0 aliphatic carbocycles. The molecular formula is C24H29Cl2N3O2S. The Kier molecular flexibility index (Phi) is 9.32. The Morgan fingerprint density at radius 1 is 0.969 bits per heavy atom. The van der Waals surface area contributed by atoms with Crippen molar-refractivity contribution in [3.8, 4) is 0 Å². The van der Waals surface area contributed by atoms with Crippen molar-refractivity contribution >= 4 is 58.3 Å². The van der Waals surface area contributed by atoms with E-state index >= 15 is 0 Å². The van der Waals surface area contributed by atoms with Crippen molar-refractivity contribution in [3.63, 3.8) is 0 Å². The maximum atomic E-state index is 13.2. The van der Waals surface area contributed by atoms with Crippen molar-refractivity contribution in [2.75, 3.05) is 69.5 Å². The molecule has 5 nitrogen and oxygen atoms in total. The van der Waals surface area contributed by atoms with Crippen LogP contribution in [-0.4, -0.2) is 70.6 Å². The van der Waals surface area contributed by atoms with Gasteiger partial charge in [0.25, 0.3) is 5.91 Å². The highest BCUT2D eigenvalue weighted by atomic mass is 35.5. The lowest BCUT2D eigenvalue weighted by Crippen LogP contribution is -2.44. The van der Waals surface area contributed by atoms with Crippen LogP contribution in [-0.2, 0) is 9.53 Å². The Morgan fingerprint density at radius 2 is 1.66 bits per heavy atom. The number of halogens is 2. The molecule has 8 heteroatoms. The number of carbonyl (C=O) groups excluding carboxylic acids is 1. The Balaban J connectivity index is 0.000000913. The number of para-hydroxylation sites is 1. The third-order valence-corrected chi connectivity index (χ3v) is 7.04. The molecule has 0 spiro atoms. The van der Waals surface area contributed by atoms with E-state index in [0.29, 0.717) is 16.6 Å². The molecule has 0 radical (unpaired) electrons. The number of benzene rings is 2. The third-order valence-electron chi connectivity index (χ3n) is 5.31. The van der Waals surface area contributed by atoms with Crippen LogP contribution in [0.15, 0.2) is 47.4 Å². The fraction of sp³-hybridized carbons (Fsp3) is 0.375. The fourth-order valence-electron chi connectivity index (χ4n) is 3.63. The van der Waals surface area contributed by atoms with Gasteiger partial charge in [-0.25, -0.2) is 0 Å². The highest BCUT2D eigenvalue weighted by molar-refractivity contribution is 8.04. The molecule has 0 aromatic heterocycles. The molecule has 2 heterocycles. The number of rotatable bonds is 3. The molecule has 0 saturated carbocycles. The van der Waals surface area contributed by atoms with E-state index in [2.05, 4.69) is 39.8 Å². The first-order valence-corrected chi connectivity index (χ1v) is 12.2. The molecule has 172 valence electrons. The van der Waals surface area contributed by atoms with Crippen LogP contribution in [0.2, 0.25) is 10.0 Å². The lowest BCUT2D eigenvalue weighted by molar-refractivity contribution is -0.114. The number of likely N-dealkylation sites (N-methyl/N-ethyl adjacent to an activating group) is 1. The molecular weight excluding hydrogens is 465 g/mol. The number of piperazine rings is 1. The van der Waals surface area contributed by atoms with Crippen LogP contribution in [0.1, 0.15) is 5.56 Å². The molecule has 2 aliphatic heterocycles. The minimum atomic E-state index is 0.00724. The van der Waals surface area contributed by atoms with Crippen molar-refractivity contribution in [2.45, 2.75) is 0 Å². The summed E-state index contributed by atoms with van der Waals surface area (Å²) < 4.78 is 4.25. The van der Waals surface area contributed by atoms with Crippen LogP contribution in [0.5, 0.6) is 0 Å². The number of amides is 1. The molecule has 32 heavy (non-hydrogen) atoms. The molecule has 0 N–H and O–H groups in total. The van der Waals surface area contributed by atoms with E-state index in [9.17, 15) is 4.79 Å². The van der Waals surface area contributed by atoms with Crippen molar-refractivity contribution in [2.24, 2.45) is 0 Å². The summed E-state index contributed by atoms with van der Waals surface area (Å²) in [5.41, 5.74) is 3.06. The summed E-state index contributed by atoms with van der Waals surface area (Å²) in [7, 11) is 5.40.